The molecule has 0 bridgehead atoms. The number of allylic oxidation sites excluding steroid dienone is 8. The lowest BCUT2D eigenvalue weighted by molar-refractivity contribution is -0.158. The molecule has 1 amide bonds. The van der Waals surface area contributed by atoms with Gasteiger partial charge in [-0.15, -0.1) is 0 Å². The topological polar surface area (TPSA) is 72.9 Å². The van der Waals surface area contributed by atoms with Crippen molar-refractivity contribution >= 4 is 23.5 Å². The highest BCUT2D eigenvalue weighted by Gasteiger charge is 2.25. The number of benzene rings is 1. The SMILES string of the molecule is CCCCCC=CCC=CCCCCCCCC(=O)O[C@H](COC(=O)CCCCCCCC=CCCCCCCCC)CN(C(=O)CCCCCCCC=CCCCCCCCC)c1ccccc1. The van der Waals surface area contributed by atoms with Crippen LogP contribution in [0.15, 0.2) is 78.9 Å². The molecule has 6 heteroatoms. The van der Waals surface area contributed by atoms with Crippen LogP contribution < -0.4 is 4.90 Å². The first-order chi connectivity index (χ1) is 34.0. The van der Waals surface area contributed by atoms with Gasteiger partial charge in [0.25, 0.3) is 0 Å². The van der Waals surface area contributed by atoms with Crippen molar-refractivity contribution in [2.75, 3.05) is 18.1 Å². The summed E-state index contributed by atoms with van der Waals surface area (Å²) in [5.41, 5.74) is 0.768. The van der Waals surface area contributed by atoms with Crippen molar-refractivity contribution in [3.8, 4) is 0 Å². The van der Waals surface area contributed by atoms with Gasteiger partial charge in [0.15, 0.2) is 6.10 Å². The molecule has 1 atom stereocenters. The Kier molecular flexibility index (Phi) is 47.0. The summed E-state index contributed by atoms with van der Waals surface area (Å²) in [5.74, 6) is -0.557. The molecule has 0 N–H and O–H groups in total. The first-order valence-corrected chi connectivity index (χ1v) is 29.3. The molecule has 0 aliphatic rings. The molecule has 1 aromatic rings. The molecule has 0 saturated heterocycles. The molecular formula is C63H107NO5. The molecule has 0 fully saturated rings. The zero-order valence-corrected chi connectivity index (χ0v) is 45.3. The Labute approximate surface area is 426 Å². The Bertz CT molecular complexity index is 1420. The van der Waals surface area contributed by atoms with Crippen molar-refractivity contribution in [3.05, 3.63) is 78.9 Å². The number of ether oxygens (including phenoxy) is 2. The fourth-order valence-corrected chi connectivity index (χ4v) is 8.69. The number of rotatable bonds is 50. The van der Waals surface area contributed by atoms with Crippen LogP contribution >= 0.6 is 0 Å². The fraction of sp³-hybridized carbons (Fsp3) is 0.730. The Hall–Kier alpha value is -3.41. The van der Waals surface area contributed by atoms with E-state index < -0.39 is 6.10 Å². The molecule has 6 nitrogen and oxygen atoms in total. The summed E-state index contributed by atoms with van der Waals surface area (Å²) < 4.78 is 11.8. The molecule has 0 unspecified atom stereocenters. The van der Waals surface area contributed by atoms with Crippen LogP contribution in [0.2, 0.25) is 0 Å². The van der Waals surface area contributed by atoms with E-state index in [9.17, 15) is 14.4 Å². The standard InChI is InChI=1S/C63H107NO5/c1-4-7-10-13-16-19-22-25-28-31-34-37-40-43-49-54-61(65)64(59-52-47-46-48-53-59)57-60(69-63(67)56-51-45-42-39-36-33-30-27-24-21-18-15-12-9-6-3)58-68-62(66)55-50-44-41-38-35-32-29-26-23-20-17-14-11-8-5-2/h18,21,25-30,46-48,52-53,60H,4-17,19-20,22-24,31-45,49-51,54-58H2,1-3H3/t60-/m0/s1. The summed E-state index contributed by atoms with van der Waals surface area (Å²) >= 11 is 0. The van der Waals surface area contributed by atoms with Gasteiger partial charge >= 0.3 is 11.9 Å². The van der Waals surface area contributed by atoms with Crippen LogP contribution in [0.1, 0.15) is 278 Å². The molecule has 0 aromatic heterocycles. The maximum atomic E-state index is 13.9. The first kappa shape index (κ1) is 63.6. The third kappa shape index (κ3) is 43.1. The van der Waals surface area contributed by atoms with Crippen molar-refractivity contribution in [1.29, 1.82) is 0 Å². The number of esters is 2. The second-order valence-electron chi connectivity index (χ2n) is 19.8. The lowest BCUT2D eigenvalue weighted by Crippen LogP contribution is -2.41. The summed E-state index contributed by atoms with van der Waals surface area (Å²) in [5, 5.41) is 0. The van der Waals surface area contributed by atoms with Crippen LogP contribution in [0.25, 0.3) is 0 Å². The molecule has 1 aromatic carbocycles. The number of para-hydroxylation sites is 1. The number of hydrogen-bond donors (Lipinski definition) is 0. The van der Waals surface area contributed by atoms with Crippen LogP contribution in [0.3, 0.4) is 0 Å². The lowest BCUT2D eigenvalue weighted by Gasteiger charge is -2.28. The highest BCUT2D eigenvalue weighted by atomic mass is 16.6. The third-order valence-corrected chi connectivity index (χ3v) is 13.1. The van der Waals surface area contributed by atoms with Gasteiger partial charge in [-0.25, -0.2) is 0 Å². The van der Waals surface area contributed by atoms with E-state index in [4.69, 9.17) is 9.47 Å². The van der Waals surface area contributed by atoms with E-state index in [0.717, 1.165) is 102 Å². The second kappa shape index (κ2) is 51.0. The third-order valence-electron chi connectivity index (χ3n) is 13.1. The average Bonchev–Trinajstić information content (AvgIpc) is 3.36. The monoisotopic (exact) mass is 958 g/mol. The van der Waals surface area contributed by atoms with Crippen LogP contribution in [-0.2, 0) is 23.9 Å². The number of hydrogen-bond acceptors (Lipinski definition) is 5. The number of carbonyl (C=O) groups is 3. The van der Waals surface area contributed by atoms with Gasteiger partial charge in [0.2, 0.25) is 5.91 Å². The minimum atomic E-state index is -0.744. The van der Waals surface area contributed by atoms with Gasteiger partial charge in [-0.05, 0) is 115 Å². The van der Waals surface area contributed by atoms with Crippen LogP contribution in [-0.4, -0.2) is 37.1 Å². The molecule has 0 saturated carbocycles. The molecule has 0 heterocycles. The van der Waals surface area contributed by atoms with Crippen molar-refractivity contribution in [2.45, 2.75) is 284 Å². The molecular weight excluding hydrogens is 851 g/mol. The Morgan fingerprint density at radius 2 is 0.768 bits per heavy atom. The highest BCUT2D eigenvalue weighted by Crippen LogP contribution is 2.20. The maximum absolute atomic E-state index is 13.9. The van der Waals surface area contributed by atoms with Gasteiger partial charge in [0, 0.05) is 24.9 Å². The van der Waals surface area contributed by atoms with Gasteiger partial charge in [-0.2, -0.15) is 0 Å². The molecule has 0 aliphatic carbocycles. The van der Waals surface area contributed by atoms with Crippen molar-refractivity contribution in [2.24, 2.45) is 0 Å². The Morgan fingerprint density at radius 3 is 1.22 bits per heavy atom. The van der Waals surface area contributed by atoms with E-state index in [1.54, 1.807) is 4.90 Å². The molecule has 0 radical (unpaired) electrons. The van der Waals surface area contributed by atoms with E-state index in [0.29, 0.717) is 19.3 Å². The summed E-state index contributed by atoms with van der Waals surface area (Å²) in [6.07, 6.45) is 62.5. The largest absolute Gasteiger partial charge is 0.462 e. The van der Waals surface area contributed by atoms with E-state index in [1.165, 1.54) is 141 Å². The number of anilines is 1. The zero-order chi connectivity index (χ0) is 49.8. The molecule has 0 aliphatic heterocycles. The molecule has 0 spiro atoms. The van der Waals surface area contributed by atoms with Crippen LogP contribution in [0.4, 0.5) is 5.69 Å². The summed E-state index contributed by atoms with van der Waals surface area (Å²) in [4.78, 5) is 41.9. The predicted molar refractivity (Wildman–Crippen MR) is 298 cm³/mol. The van der Waals surface area contributed by atoms with Crippen molar-refractivity contribution < 1.29 is 23.9 Å². The van der Waals surface area contributed by atoms with Gasteiger partial charge in [0.05, 0.1) is 6.54 Å². The van der Waals surface area contributed by atoms with Crippen LogP contribution in [0.5, 0.6) is 0 Å². The smallest absolute Gasteiger partial charge is 0.306 e. The Morgan fingerprint density at radius 1 is 0.420 bits per heavy atom. The minimum absolute atomic E-state index is 0.00761. The van der Waals surface area contributed by atoms with E-state index in [-0.39, 0.29) is 31.0 Å². The van der Waals surface area contributed by atoms with Crippen molar-refractivity contribution in [3.63, 3.8) is 0 Å². The van der Waals surface area contributed by atoms with E-state index in [2.05, 4.69) is 69.4 Å². The number of carbonyl (C=O) groups excluding carboxylic acids is 3. The van der Waals surface area contributed by atoms with Gasteiger partial charge in [0.1, 0.15) is 6.61 Å². The minimum Gasteiger partial charge on any atom is -0.462 e. The average molecular weight is 959 g/mol. The van der Waals surface area contributed by atoms with E-state index >= 15 is 0 Å². The normalized spacial score (nSPS) is 12.3. The summed E-state index contributed by atoms with van der Waals surface area (Å²) in [7, 11) is 0. The fourth-order valence-electron chi connectivity index (χ4n) is 8.69. The number of unbranched alkanes of at least 4 members (excludes halogenated alkanes) is 30. The zero-order valence-electron chi connectivity index (χ0n) is 45.3. The summed E-state index contributed by atoms with van der Waals surface area (Å²) in [6.45, 7) is 6.88. The first-order valence-electron chi connectivity index (χ1n) is 29.3. The van der Waals surface area contributed by atoms with E-state index in [1.807, 2.05) is 30.3 Å². The van der Waals surface area contributed by atoms with Gasteiger partial charge in [-0.3, -0.25) is 14.4 Å². The summed E-state index contributed by atoms with van der Waals surface area (Å²) in [6, 6.07) is 9.65. The number of amides is 1. The van der Waals surface area contributed by atoms with Crippen LogP contribution in [0, 0.1) is 0 Å². The molecule has 394 valence electrons. The maximum Gasteiger partial charge on any atom is 0.306 e. The second-order valence-corrected chi connectivity index (χ2v) is 19.8. The lowest BCUT2D eigenvalue weighted by atomic mass is 10.1. The quantitative estimate of drug-likeness (QED) is 0.0370. The van der Waals surface area contributed by atoms with Gasteiger partial charge < -0.3 is 14.4 Å². The van der Waals surface area contributed by atoms with Crippen molar-refractivity contribution in [1.82, 2.24) is 0 Å². The van der Waals surface area contributed by atoms with Gasteiger partial charge in [-0.1, -0.05) is 222 Å². The molecule has 1 rings (SSSR count). The highest BCUT2D eigenvalue weighted by molar-refractivity contribution is 5.93. The Balaban J connectivity index is 2.61. The number of nitrogens with zero attached hydrogens (tertiary/aromatic N) is 1. The predicted octanol–water partition coefficient (Wildman–Crippen LogP) is 19.4. The molecule has 69 heavy (non-hydrogen) atoms.